The maximum absolute atomic E-state index is 15.3. The molecule has 11 heteroatoms. The molecule has 2 aromatic heterocycles. The predicted molar refractivity (Wildman–Crippen MR) is 129 cm³/mol. The van der Waals surface area contributed by atoms with Gasteiger partial charge in [-0.25, -0.2) is 14.4 Å². The van der Waals surface area contributed by atoms with Crippen LogP contribution in [0.2, 0.25) is 5.02 Å². The SMILES string of the molecule is Cc1nc([C@@](C)(O)c2cc(Cl)c(F)c(C(=O)NC3CC[C@H](O)C3)c2OC(C)C)n2ccnc(N)c12. The molecular formula is C24H29ClFN5O4. The Balaban J connectivity index is 1.90. The zero-order valence-corrected chi connectivity index (χ0v) is 20.7. The molecule has 3 atom stereocenters. The molecule has 0 saturated heterocycles. The van der Waals surface area contributed by atoms with E-state index in [4.69, 9.17) is 22.1 Å². The lowest BCUT2D eigenvalue weighted by molar-refractivity contribution is 0.0839. The molecule has 1 amide bonds. The number of imidazole rings is 1. The van der Waals surface area contributed by atoms with Crippen LogP contribution in [0.15, 0.2) is 18.5 Å². The van der Waals surface area contributed by atoms with Gasteiger partial charge in [0.25, 0.3) is 5.91 Å². The number of hydrogen-bond donors (Lipinski definition) is 4. The minimum Gasteiger partial charge on any atom is -0.490 e. The molecule has 1 unspecified atom stereocenters. The zero-order valence-electron chi connectivity index (χ0n) is 20.0. The molecule has 4 rings (SSSR count). The fourth-order valence-corrected chi connectivity index (χ4v) is 4.79. The van der Waals surface area contributed by atoms with Gasteiger partial charge in [-0.05, 0) is 53.0 Å². The first-order chi connectivity index (χ1) is 16.4. The number of halogens is 2. The summed E-state index contributed by atoms with van der Waals surface area (Å²) in [7, 11) is 0. The highest BCUT2D eigenvalue weighted by molar-refractivity contribution is 6.31. The first kappa shape index (κ1) is 25.2. The van der Waals surface area contributed by atoms with Gasteiger partial charge in [-0.2, -0.15) is 0 Å². The zero-order chi connectivity index (χ0) is 25.7. The van der Waals surface area contributed by atoms with Crippen LogP contribution in [0.3, 0.4) is 0 Å². The number of aliphatic hydroxyl groups is 2. The highest BCUT2D eigenvalue weighted by Crippen LogP contribution is 2.42. The van der Waals surface area contributed by atoms with Crippen molar-refractivity contribution in [2.24, 2.45) is 0 Å². The third kappa shape index (κ3) is 4.53. The van der Waals surface area contributed by atoms with Gasteiger partial charge in [-0.3, -0.25) is 9.20 Å². The van der Waals surface area contributed by atoms with Crippen molar-refractivity contribution in [3.8, 4) is 5.75 Å². The van der Waals surface area contributed by atoms with Gasteiger partial charge >= 0.3 is 0 Å². The van der Waals surface area contributed by atoms with Crippen LogP contribution in [0.4, 0.5) is 10.2 Å². The van der Waals surface area contributed by atoms with Gasteiger partial charge in [0.15, 0.2) is 5.82 Å². The smallest absolute Gasteiger partial charge is 0.258 e. The normalized spacial score (nSPS) is 19.8. The second-order valence-corrected chi connectivity index (χ2v) is 9.76. The molecule has 5 N–H and O–H groups in total. The Kier molecular flexibility index (Phi) is 6.65. The first-order valence-electron chi connectivity index (χ1n) is 11.4. The van der Waals surface area contributed by atoms with Crippen LogP contribution in [-0.2, 0) is 5.60 Å². The van der Waals surface area contributed by atoms with Crippen molar-refractivity contribution in [3.05, 3.63) is 51.9 Å². The van der Waals surface area contributed by atoms with Gasteiger partial charge in [0.2, 0.25) is 0 Å². The number of nitrogens with one attached hydrogen (secondary N) is 1. The van der Waals surface area contributed by atoms with Crippen LogP contribution in [0.5, 0.6) is 5.75 Å². The van der Waals surface area contributed by atoms with Gasteiger partial charge in [0.1, 0.15) is 34.1 Å². The molecule has 9 nitrogen and oxygen atoms in total. The third-order valence-electron chi connectivity index (χ3n) is 6.21. The molecular weight excluding hydrogens is 477 g/mol. The van der Waals surface area contributed by atoms with Gasteiger partial charge in [-0.1, -0.05) is 11.6 Å². The number of hydrogen-bond acceptors (Lipinski definition) is 7. The highest BCUT2D eigenvalue weighted by Gasteiger charge is 2.39. The standard InChI is InChI=1S/C24H29ClFN5O4/c1-11(2)35-20-15(24(4,34)23-29-12(3)19-21(27)28-7-8-31(19)23)10-16(25)18(26)17(20)22(33)30-13-5-6-14(32)9-13/h7-8,10-11,13-14,32,34H,5-6,9H2,1-4H3,(H2,27,28)(H,30,33)/t13?,14-,24-/m0/s1. The Morgan fingerprint density at radius 1 is 1.43 bits per heavy atom. The number of anilines is 1. The summed E-state index contributed by atoms with van der Waals surface area (Å²) in [5.41, 5.74) is 4.85. The number of aryl methyl sites for hydroxylation is 1. The lowest BCUT2D eigenvalue weighted by Gasteiger charge is -2.28. The molecule has 0 radical (unpaired) electrons. The number of carbonyl (C=O) groups excluding carboxylic acids is 1. The van der Waals surface area contributed by atoms with E-state index >= 15 is 4.39 Å². The van der Waals surface area contributed by atoms with Crippen LogP contribution in [0.25, 0.3) is 5.52 Å². The summed E-state index contributed by atoms with van der Waals surface area (Å²) in [6, 6.07) is 0.923. The lowest BCUT2D eigenvalue weighted by Crippen LogP contribution is -2.35. The van der Waals surface area contributed by atoms with E-state index in [-0.39, 0.29) is 34.0 Å². The average Bonchev–Trinajstić information content (AvgIpc) is 3.33. The molecule has 35 heavy (non-hydrogen) atoms. The van der Waals surface area contributed by atoms with Crippen molar-refractivity contribution in [1.82, 2.24) is 19.7 Å². The van der Waals surface area contributed by atoms with E-state index in [0.717, 1.165) is 0 Å². The van der Waals surface area contributed by atoms with Crippen molar-refractivity contribution in [2.75, 3.05) is 5.73 Å². The first-order valence-corrected chi connectivity index (χ1v) is 11.8. The summed E-state index contributed by atoms with van der Waals surface area (Å²) < 4.78 is 22.9. The molecule has 0 spiro atoms. The molecule has 1 saturated carbocycles. The molecule has 188 valence electrons. The van der Waals surface area contributed by atoms with Gasteiger partial charge in [0.05, 0.1) is 22.9 Å². The Hall–Kier alpha value is -2.95. The molecule has 0 aliphatic heterocycles. The number of fused-ring (bicyclic) bond motifs is 1. The van der Waals surface area contributed by atoms with Crippen molar-refractivity contribution >= 4 is 28.8 Å². The number of carbonyl (C=O) groups is 1. The molecule has 1 fully saturated rings. The molecule has 1 aromatic carbocycles. The number of ether oxygens (including phenoxy) is 1. The number of amides is 1. The lowest BCUT2D eigenvalue weighted by atomic mass is 9.91. The van der Waals surface area contributed by atoms with E-state index in [0.29, 0.717) is 30.5 Å². The number of rotatable bonds is 6. The van der Waals surface area contributed by atoms with Crippen LogP contribution in [0, 0.1) is 12.7 Å². The van der Waals surface area contributed by atoms with E-state index in [1.807, 2.05) is 0 Å². The minimum absolute atomic E-state index is 0.0662. The second-order valence-electron chi connectivity index (χ2n) is 9.35. The summed E-state index contributed by atoms with van der Waals surface area (Å²) in [5, 5.41) is 24.0. The van der Waals surface area contributed by atoms with E-state index in [1.165, 1.54) is 19.2 Å². The van der Waals surface area contributed by atoms with Gasteiger partial charge in [-0.15, -0.1) is 0 Å². The van der Waals surface area contributed by atoms with Crippen LogP contribution >= 0.6 is 11.6 Å². The monoisotopic (exact) mass is 505 g/mol. The summed E-state index contributed by atoms with van der Waals surface area (Å²) in [6.07, 6.45) is 3.57. The second kappa shape index (κ2) is 9.25. The molecule has 2 heterocycles. The minimum atomic E-state index is -1.87. The number of aliphatic hydroxyl groups excluding tert-OH is 1. The highest BCUT2D eigenvalue weighted by atomic mass is 35.5. The van der Waals surface area contributed by atoms with Crippen LogP contribution in [0.1, 0.15) is 67.5 Å². The summed E-state index contributed by atoms with van der Waals surface area (Å²) in [4.78, 5) is 21.8. The quantitative estimate of drug-likeness (QED) is 0.404. The molecule has 3 aromatic rings. The van der Waals surface area contributed by atoms with Crippen molar-refractivity contribution < 1.29 is 24.1 Å². The fourth-order valence-electron chi connectivity index (χ4n) is 4.58. The summed E-state index contributed by atoms with van der Waals surface area (Å²) in [5.74, 6) is -1.45. The summed E-state index contributed by atoms with van der Waals surface area (Å²) >= 11 is 6.23. The van der Waals surface area contributed by atoms with Crippen LogP contribution < -0.4 is 15.8 Å². The molecule has 1 aliphatic rings. The fraction of sp³-hybridized carbons (Fsp3) is 0.458. The number of nitrogen functional groups attached to an aromatic ring is 1. The van der Waals surface area contributed by atoms with Crippen molar-refractivity contribution in [3.63, 3.8) is 0 Å². The van der Waals surface area contributed by atoms with Crippen molar-refractivity contribution in [1.29, 1.82) is 0 Å². The van der Waals surface area contributed by atoms with E-state index in [9.17, 15) is 15.0 Å². The molecule has 1 aliphatic carbocycles. The number of nitrogens with zero attached hydrogens (tertiary/aromatic N) is 3. The number of nitrogens with two attached hydrogens (primary N) is 1. The maximum atomic E-state index is 15.3. The topological polar surface area (TPSA) is 135 Å². The Morgan fingerprint density at radius 3 is 2.77 bits per heavy atom. The van der Waals surface area contributed by atoms with E-state index in [2.05, 4.69) is 15.3 Å². The van der Waals surface area contributed by atoms with Crippen LogP contribution in [-0.4, -0.2) is 48.7 Å². The van der Waals surface area contributed by atoms with E-state index < -0.39 is 35.1 Å². The Bertz CT molecular complexity index is 1290. The number of aromatic nitrogens is 3. The van der Waals surface area contributed by atoms with Crippen molar-refractivity contribution in [2.45, 2.75) is 70.8 Å². The number of benzene rings is 1. The average molecular weight is 506 g/mol. The van der Waals surface area contributed by atoms with E-state index in [1.54, 1.807) is 31.4 Å². The Morgan fingerprint density at radius 2 is 2.14 bits per heavy atom. The predicted octanol–water partition coefficient (Wildman–Crippen LogP) is 3.10. The third-order valence-corrected chi connectivity index (χ3v) is 6.48. The van der Waals surface area contributed by atoms with Gasteiger partial charge in [0, 0.05) is 24.0 Å². The van der Waals surface area contributed by atoms with Gasteiger partial charge < -0.3 is 26.0 Å². The molecule has 0 bridgehead atoms. The maximum Gasteiger partial charge on any atom is 0.258 e. The largest absolute Gasteiger partial charge is 0.490 e. The Labute approximate surface area is 207 Å². The summed E-state index contributed by atoms with van der Waals surface area (Å²) in [6.45, 7) is 6.64.